The number of primary amides is 1. The van der Waals surface area contributed by atoms with E-state index >= 15 is 0 Å². The summed E-state index contributed by atoms with van der Waals surface area (Å²) in [6.07, 6.45) is 18.7. The second-order valence-electron chi connectivity index (χ2n) is 30.8. The second kappa shape index (κ2) is 44.4. The monoisotopic (exact) mass is 1500 g/mol. The molecule has 5 rings (SSSR count). The summed E-state index contributed by atoms with van der Waals surface area (Å²) in [6, 6.07) is 9.35. The molecular weight excluding hydrogens is 1370 g/mol. The first-order valence-corrected chi connectivity index (χ1v) is 39.2. The van der Waals surface area contributed by atoms with E-state index in [4.69, 9.17) is 19.9 Å². The summed E-state index contributed by atoms with van der Waals surface area (Å²) in [5.74, 6) is -4.97. The number of aliphatic hydroxyl groups excluding tert-OH is 1. The molecule has 2 heterocycles. The first-order valence-electron chi connectivity index (χ1n) is 39.2. The summed E-state index contributed by atoms with van der Waals surface area (Å²) in [5, 5.41) is 28.8. The topological polar surface area (TPSA) is 330 Å². The van der Waals surface area contributed by atoms with Gasteiger partial charge in [-0.15, -0.1) is 0 Å². The fraction of sp³-hybridized carbons (Fsp3) is 0.639. The van der Waals surface area contributed by atoms with Gasteiger partial charge in [-0.1, -0.05) is 187 Å². The van der Waals surface area contributed by atoms with Crippen LogP contribution in [0.15, 0.2) is 103 Å². The van der Waals surface area contributed by atoms with Crippen LogP contribution in [0.5, 0.6) is 0 Å². The van der Waals surface area contributed by atoms with E-state index in [1.54, 1.807) is 80.9 Å². The number of imide groups is 1. The molecule has 0 bridgehead atoms. The molecule has 25 heteroatoms. The number of hydrogen-bond donors (Lipinski definition) is 8. The number of hydrogen-bond acceptors (Lipinski definition) is 15. The van der Waals surface area contributed by atoms with Crippen molar-refractivity contribution in [1.29, 1.82) is 0 Å². The lowest BCUT2D eigenvalue weighted by Crippen LogP contribution is -2.60. The number of urea groups is 1. The number of rotatable bonds is 44. The van der Waals surface area contributed by atoms with Crippen LogP contribution >= 0.6 is 0 Å². The van der Waals surface area contributed by atoms with Gasteiger partial charge in [-0.25, -0.2) is 9.59 Å². The zero-order valence-corrected chi connectivity index (χ0v) is 67.4. The van der Waals surface area contributed by atoms with Crippen LogP contribution in [-0.4, -0.2) is 193 Å². The van der Waals surface area contributed by atoms with Crippen molar-refractivity contribution in [2.24, 2.45) is 46.7 Å². The molecule has 11 amide bonds. The molecule has 15 atom stereocenters. The van der Waals surface area contributed by atoms with Gasteiger partial charge in [0, 0.05) is 71.5 Å². The number of likely N-dealkylation sites (N-methyl/N-ethyl adjacent to an activating group) is 2. The predicted octanol–water partition coefficient (Wildman–Crippen LogP) is 10.2. The Morgan fingerprint density at radius 3 is 2.00 bits per heavy atom. The average molecular weight is 1510 g/mol. The smallest absolute Gasteiger partial charge is 0.410 e. The van der Waals surface area contributed by atoms with E-state index in [1.807, 2.05) is 97.0 Å². The number of carbonyl (C=O) groups excluding carboxylic acids is 10. The molecule has 2 aromatic rings. The number of aliphatic hydroxyl groups is 1. The van der Waals surface area contributed by atoms with Crippen molar-refractivity contribution in [3.05, 3.63) is 114 Å². The number of anilines is 1. The Labute approximate surface area is 642 Å². The quantitative estimate of drug-likeness (QED) is 0.0226. The lowest BCUT2D eigenvalue weighted by molar-refractivity contribution is -0.148. The Morgan fingerprint density at radius 1 is 0.722 bits per heavy atom. The van der Waals surface area contributed by atoms with E-state index in [2.05, 4.69) is 57.9 Å². The van der Waals surface area contributed by atoms with Crippen LogP contribution in [0.4, 0.5) is 15.3 Å². The van der Waals surface area contributed by atoms with Gasteiger partial charge in [0.15, 0.2) is 0 Å². The minimum atomic E-state index is -1.08. The molecule has 2 unspecified atom stereocenters. The highest BCUT2D eigenvalue weighted by Gasteiger charge is 2.51. The van der Waals surface area contributed by atoms with Crippen LogP contribution < -0.4 is 37.6 Å². The number of likely N-dealkylation sites (tertiary alicyclic amines) is 2. The highest BCUT2D eigenvalue weighted by molar-refractivity contribution is 6.04. The number of carbonyl (C=O) groups is 10. The number of unbranched alkanes of at least 4 members (excludes halogenated alkanes) is 2. The van der Waals surface area contributed by atoms with Gasteiger partial charge in [-0.05, 0) is 118 Å². The molecule has 0 radical (unpaired) electrons. The number of ether oxygens (including phenoxy) is 3. The maximum absolute atomic E-state index is 14.9. The number of methoxy groups -OCH3 is 2. The van der Waals surface area contributed by atoms with Gasteiger partial charge in [0.1, 0.15) is 24.7 Å². The summed E-state index contributed by atoms with van der Waals surface area (Å²) in [6.45, 7) is 25.4. The van der Waals surface area contributed by atoms with Crippen molar-refractivity contribution in [1.82, 2.24) is 46.2 Å². The molecule has 9 N–H and O–H groups in total. The van der Waals surface area contributed by atoms with Gasteiger partial charge < -0.3 is 66.8 Å². The van der Waals surface area contributed by atoms with Gasteiger partial charge in [0.05, 0.1) is 60.7 Å². The molecule has 0 saturated carbocycles. The Balaban J connectivity index is 1.16. The average Bonchev–Trinajstić information content (AvgIpc) is 1.58. The minimum Gasteiger partial charge on any atom is -0.445 e. The van der Waals surface area contributed by atoms with Gasteiger partial charge >= 0.3 is 12.1 Å². The number of nitrogens with zero attached hydrogens (tertiary/aromatic N) is 4. The fourth-order valence-electron chi connectivity index (χ4n) is 15.6. The highest BCUT2D eigenvalue weighted by Crippen LogP contribution is 2.49. The molecule has 3 aliphatic rings. The van der Waals surface area contributed by atoms with E-state index in [-0.39, 0.29) is 79.8 Å². The van der Waals surface area contributed by atoms with Crippen molar-refractivity contribution >= 4 is 65.1 Å². The van der Waals surface area contributed by atoms with Crippen LogP contribution in [0.1, 0.15) is 197 Å². The minimum absolute atomic E-state index is 0.0866. The molecule has 2 aliphatic heterocycles. The maximum atomic E-state index is 14.9. The third kappa shape index (κ3) is 25.1. The van der Waals surface area contributed by atoms with Crippen LogP contribution in [0.3, 0.4) is 0 Å². The van der Waals surface area contributed by atoms with Gasteiger partial charge in [-0.3, -0.25) is 48.2 Å². The summed E-state index contributed by atoms with van der Waals surface area (Å²) < 4.78 is 17.9. The first-order chi connectivity index (χ1) is 51.3. The van der Waals surface area contributed by atoms with E-state index in [0.717, 1.165) is 37.7 Å². The molecule has 2 aromatic carbocycles. The zero-order chi connectivity index (χ0) is 80.1. The molecular formula is C83H129N11O14. The first kappa shape index (κ1) is 90.4. The number of amides is 11. The summed E-state index contributed by atoms with van der Waals surface area (Å²) in [7, 11) is 6.13. The molecule has 1 aliphatic carbocycles. The lowest BCUT2D eigenvalue weighted by atomic mass is 9.64. The normalized spacial score (nSPS) is 20.5. The molecule has 2 saturated heterocycles. The fourth-order valence-corrected chi connectivity index (χ4v) is 15.6. The Bertz CT molecular complexity index is 3400. The summed E-state index contributed by atoms with van der Waals surface area (Å²) in [5.41, 5.74) is 7.57. The lowest BCUT2D eigenvalue weighted by Gasteiger charge is -2.41. The third-order valence-electron chi connectivity index (χ3n) is 22.0. The Kier molecular flexibility index (Phi) is 37.2. The molecule has 600 valence electrons. The Hall–Kier alpha value is -8.26. The number of allylic oxidation sites excluding steroid dienone is 8. The zero-order valence-electron chi connectivity index (χ0n) is 67.4. The van der Waals surface area contributed by atoms with Gasteiger partial charge in [0.25, 0.3) is 0 Å². The second-order valence-corrected chi connectivity index (χ2v) is 30.8. The number of benzene rings is 2. The summed E-state index contributed by atoms with van der Waals surface area (Å²) in [4.78, 5) is 145. The molecule has 25 nitrogen and oxygen atoms in total. The van der Waals surface area contributed by atoms with Crippen molar-refractivity contribution < 1.29 is 67.3 Å². The van der Waals surface area contributed by atoms with E-state index < -0.39 is 120 Å². The van der Waals surface area contributed by atoms with Crippen LogP contribution in [0, 0.1) is 40.9 Å². The van der Waals surface area contributed by atoms with Crippen molar-refractivity contribution in [2.75, 3.05) is 53.3 Å². The Morgan fingerprint density at radius 2 is 1.39 bits per heavy atom. The summed E-state index contributed by atoms with van der Waals surface area (Å²) >= 11 is 0. The van der Waals surface area contributed by atoms with Gasteiger partial charge in [0.2, 0.25) is 47.3 Å². The van der Waals surface area contributed by atoms with Crippen LogP contribution in [0.2, 0.25) is 0 Å². The predicted molar refractivity (Wildman–Crippen MR) is 420 cm³/mol. The SMILES string of the molecule is CCCC(CC)(C1=C/C=C\C=C/C=C\1)C1CC(=O)N(CCCCC[C@H](C)N[C@H](C(=O)N[C@@H](CCCNC(N)=O)C(=O)Nc2ccc(COC(=O)N(C)[C@H](C(=O)N[C@H](C(=O)N(C)[C@@H]([C@@H](C)CC)[C@@H](CC(=O)N3CCC[C@H]3[C@H](OC)[C@@H](C)C(=O)N[C@H](C)[C@@H](O)c3ccccc3)OC)C(C)C)C(C)C)cc2)C(C)C)C1=O. The van der Waals surface area contributed by atoms with Crippen LogP contribution in [0.25, 0.3) is 0 Å². The third-order valence-corrected chi connectivity index (χ3v) is 22.0. The van der Waals surface area contributed by atoms with Gasteiger partial charge in [-0.2, -0.15) is 0 Å². The molecule has 2 fully saturated rings. The molecule has 0 aromatic heterocycles. The standard InChI is InChI=1S/C83H129N11O14/c1-18-45-83(20-3,61-37-29-22-21-23-30-38-61)63-49-67(95)94(79(63)102)47-31-25-26-34-56(11)86-69(52(4)5)77(100)89-64(39-32-46-85-81(84)104)76(99)88-62-43-41-59(42-44-62)51-108-82(105)92(15)71(54(8)9)78(101)90-70(53(6)7)80(103)91(14)72(55(10)19-2)66(106-16)50-68(96)93-48-33-40-65(93)74(107-17)57(12)75(98)87-58(13)73(97)60-35-27-24-28-36-60/h21-24,27-30,35-38,41-44,52-58,63-66,69-74,86,97H,18-20,25-26,31-34,39-40,45-51H2,1-17H3,(H,87,98)(H,88,99)(H,89,100)(H,90,101)(H3,84,85,104)/b22-21-,23-21?,29-22?,30-23-,37-29-,38-30?,61-37?,61-38+/t55-,56-,57+,58+,63?,64-,65-,66+,69-,70-,71-,72-,73+,74+,83?/m0/s1. The highest BCUT2D eigenvalue weighted by atomic mass is 16.6. The van der Waals surface area contributed by atoms with Crippen LogP contribution in [-0.2, 0) is 59.2 Å². The maximum Gasteiger partial charge on any atom is 0.410 e. The molecule has 0 spiro atoms. The van der Waals surface area contributed by atoms with E-state index in [9.17, 15) is 53.1 Å². The van der Waals surface area contributed by atoms with Crippen molar-refractivity contribution in [3.63, 3.8) is 0 Å². The molecule has 108 heavy (non-hydrogen) atoms. The number of nitrogens with one attached hydrogen (secondary N) is 6. The number of nitrogens with two attached hydrogens (primary N) is 1. The largest absolute Gasteiger partial charge is 0.445 e. The van der Waals surface area contributed by atoms with E-state index in [1.165, 1.54) is 31.1 Å². The van der Waals surface area contributed by atoms with E-state index in [0.29, 0.717) is 68.4 Å². The van der Waals surface area contributed by atoms with Crippen molar-refractivity contribution in [2.45, 2.75) is 253 Å². The van der Waals surface area contributed by atoms with Crippen molar-refractivity contribution in [3.8, 4) is 0 Å².